The summed E-state index contributed by atoms with van der Waals surface area (Å²) in [5, 5.41) is 19.4. The molecule has 4 aliphatic carbocycles. The fourth-order valence-electron chi connectivity index (χ4n) is 8.03. The lowest BCUT2D eigenvalue weighted by molar-refractivity contribution is -0.139. The number of allylic oxidation sites excluding steroid dienone is 1. The normalized spacial score (nSPS) is 48.8. The number of aliphatic hydroxyl groups is 1. The molecule has 3 nitrogen and oxygen atoms in total. The highest BCUT2D eigenvalue weighted by molar-refractivity contribution is 5.67. The second-order valence-electron chi connectivity index (χ2n) is 10.5. The lowest BCUT2D eigenvalue weighted by Gasteiger charge is -2.58. The first-order chi connectivity index (χ1) is 12.3. The Bertz CT molecular complexity index is 611. The van der Waals surface area contributed by atoms with Crippen LogP contribution in [0.15, 0.2) is 11.6 Å². The van der Waals surface area contributed by atoms with Crippen molar-refractivity contribution in [1.29, 1.82) is 0 Å². The van der Waals surface area contributed by atoms with E-state index < -0.39 is 5.97 Å². The van der Waals surface area contributed by atoms with Crippen LogP contribution in [0.4, 0.5) is 0 Å². The fourth-order valence-corrected chi connectivity index (χ4v) is 8.03. The lowest BCUT2D eigenvalue weighted by Crippen LogP contribution is -2.50. The second-order valence-corrected chi connectivity index (χ2v) is 10.5. The van der Waals surface area contributed by atoms with Crippen molar-refractivity contribution in [2.24, 2.45) is 40.4 Å². The van der Waals surface area contributed by atoms with Crippen LogP contribution in [0.3, 0.4) is 0 Å². The van der Waals surface area contributed by atoms with Crippen molar-refractivity contribution in [3.05, 3.63) is 11.6 Å². The third kappa shape index (κ3) is 2.68. The second kappa shape index (κ2) is 6.36. The molecule has 0 radical (unpaired) electrons. The maximum absolute atomic E-state index is 11.3. The molecular formula is C23H36O3. The van der Waals surface area contributed by atoms with Crippen LogP contribution in [-0.2, 0) is 4.79 Å². The van der Waals surface area contributed by atoms with E-state index in [0.717, 1.165) is 37.0 Å². The molecule has 4 rings (SSSR count). The molecule has 0 heterocycles. The predicted molar refractivity (Wildman–Crippen MR) is 103 cm³/mol. The molecule has 8 atom stereocenters. The number of rotatable bonds is 3. The van der Waals surface area contributed by atoms with Crippen molar-refractivity contribution in [2.75, 3.05) is 0 Å². The van der Waals surface area contributed by atoms with Gasteiger partial charge in [0.2, 0.25) is 0 Å². The zero-order valence-corrected chi connectivity index (χ0v) is 16.7. The quantitative estimate of drug-likeness (QED) is 0.693. The van der Waals surface area contributed by atoms with Gasteiger partial charge in [-0.2, -0.15) is 0 Å². The number of hydrogen-bond acceptors (Lipinski definition) is 2. The molecule has 0 aromatic heterocycles. The summed E-state index contributed by atoms with van der Waals surface area (Å²) in [4.78, 5) is 11.3. The molecule has 0 aromatic rings. The van der Waals surface area contributed by atoms with Gasteiger partial charge in [-0.1, -0.05) is 32.4 Å². The van der Waals surface area contributed by atoms with Crippen molar-refractivity contribution in [3.8, 4) is 0 Å². The highest BCUT2D eigenvalue weighted by Gasteiger charge is 2.59. The first-order valence-electron chi connectivity index (χ1n) is 10.8. The molecule has 146 valence electrons. The van der Waals surface area contributed by atoms with E-state index in [1.807, 2.05) is 0 Å². The van der Waals surface area contributed by atoms with Gasteiger partial charge >= 0.3 is 5.97 Å². The van der Waals surface area contributed by atoms with Crippen LogP contribution in [-0.4, -0.2) is 22.3 Å². The van der Waals surface area contributed by atoms with E-state index in [4.69, 9.17) is 0 Å². The summed E-state index contributed by atoms with van der Waals surface area (Å²) in [5.41, 5.74) is 2.16. The summed E-state index contributed by atoms with van der Waals surface area (Å²) < 4.78 is 0. The van der Waals surface area contributed by atoms with Crippen LogP contribution in [0.2, 0.25) is 0 Å². The van der Waals surface area contributed by atoms with Crippen LogP contribution in [0.5, 0.6) is 0 Å². The Hall–Kier alpha value is -0.830. The summed E-state index contributed by atoms with van der Waals surface area (Å²) in [6, 6.07) is 0. The smallest absolute Gasteiger partial charge is 0.303 e. The number of carbonyl (C=O) groups is 1. The molecule has 0 spiro atoms. The molecular weight excluding hydrogens is 324 g/mol. The third-order valence-corrected chi connectivity index (χ3v) is 9.33. The van der Waals surface area contributed by atoms with E-state index in [0.29, 0.717) is 23.2 Å². The van der Waals surface area contributed by atoms with Gasteiger partial charge < -0.3 is 10.2 Å². The number of hydrogen-bond donors (Lipinski definition) is 2. The highest BCUT2D eigenvalue weighted by atomic mass is 16.4. The average Bonchev–Trinajstić information content (AvgIpc) is 2.92. The van der Waals surface area contributed by atoms with Crippen LogP contribution >= 0.6 is 0 Å². The van der Waals surface area contributed by atoms with Gasteiger partial charge in [0, 0.05) is 6.42 Å². The topological polar surface area (TPSA) is 57.5 Å². The molecule has 3 fully saturated rings. The molecule has 0 saturated heterocycles. The summed E-state index contributed by atoms with van der Waals surface area (Å²) in [7, 11) is 0. The molecule has 0 aliphatic heterocycles. The van der Waals surface area contributed by atoms with Crippen molar-refractivity contribution in [3.63, 3.8) is 0 Å². The van der Waals surface area contributed by atoms with Gasteiger partial charge in [0.1, 0.15) is 0 Å². The van der Waals surface area contributed by atoms with Crippen molar-refractivity contribution >= 4 is 5.97 Å². The third-order valence-electron chi connectivity index (χ3n) is 9.33. The van der Waals surface area contributed by atoms with Gasteiger partial charge in [0.05, 0.1) is 6.10 Å². The standard InChI is InChI=1S/C23H36O3/c1-14(12-21(25)26)18-6-7-19-17-5-4-15-13-16(24)8-10-22(15,2)20(17)9-11-23(18,19)3/h4,14,16-20,24H,5-13H2,1-3H3,(H,25,26). The van der Waals surface area contributed by atoms with E-state index in [1.165, 1.54) is 37.7 Å². The van der Waals surface area contributed by atoms with Crippen molar-refractivity contribution < 1.29 is 15.0 Å². The van der Waals surface area contributed by atoms with Gasteiger partial charge in [-0.15, -0.1) is 0 Å². The molecule has 3 heteroatoms. The van der Waals surface area contributed by atoms with Crippen molar-refractivity contribution in [1.82, 2.24) is 0 Å². The maximum atomic E-state index is 11.3. The molecule has 26 heavy (non-hydrogen) atoms. The Morgan fingerprint density at radius 1 is 1.19 bits per heavy atom. The monoisotopic (exact) mass is 360 g/mol. The van der Waals surface area contributed by atoms with Gasteiger partial charge in [-0.05, 0) is 91.8 Å². The van der Waals surface area contributed by atoms with Crippen LogP contribution in [0.1, 0.15) is 78.6 Å². The molecule has 2 N–H and O–H groups in total. The Balaban J connectivity index is 1.59. The van der Waals surface area contributed by atoms with Crippen LogP contribution in [0.25, 0.3) is 0 Å². The van der Waals surface area contributed by atoms with E-state index >= 15 is 0 Å². The Morgan fingerprint density at radius 3 is 2.69 bits per heavy atom. The van der Waals surface area contributed by atoms with E-state index in [-0.39, 0.29) is 12.0 Å². The van der Waals surface area contributed by atoms with Crippen LogP contribution < -0.4 is 0 Å². The molecule has 0 amide bonds. The molecule has 0 aromatic carbocycles. The summed E-state index contributed by atoms with van der Waals surface area (Å²) in [5.74, 6) is 2.49. The predicted octanol–water partition coefficient (Wildman–Crippen LogP) is 5.04. The zero-order valence-electron chi connectivity index (χ0n) is 16.7. The number of carboxylic acids is 1. The van der Waals surface area contributed by atoms with E-state index in [1.54, 1.807) is 0 Å². The number of fused-ring (bicyclic) bond motifs is 5. The van der Waals surface area contributed by atoms with Gasteiger partial charge in [-0.25, -0.2) is 0 Å². The maximum Gasteiger partial charge on any atom is 0.303 e. The van der Waals surface area contributed by atoms with Gasteiger partial charge in [0.25, 0.3) is 0 Å². The SMILES string of the molecule is CC(CC(=O)O)C1CCC2C3CC=C4CC(O)CCC4(C)C3CCC12C. The number of aliphatic carboxylic acids is 1. The van der Waals surface area contributed by atoms with E-state index in [2.05, 4.69) is 26.8 Å². The minimum absolute atomic E-state index is 0.132. The molecule has 3 saturated carbocycles. The number of carboxylic acid groups (broad SMARTS) is 1. The summed E-state index contributed by atoms with van der Waals surface area (Å²) >= 11 is 0. The molecule has 4 aliphatic rings. The van der Waals surface area contributed by atoms with Gasteiger partial charge in [-0.3, -0.25) is 4.79 Å². The summed E-state index contributed by atoms with van der Waals surface area (Å²) in [6.07, 6.45) is 11.9. The van der Waals surface area contributed by atoms with Crippen molar-refractivity contribution in [2.45, 2.75) is 84.7 Å². The molecule has 0 bridgehead atoms. The summed E-state index contributed by atoms with van der Waals surface area (Å²) in [6.45, 7) is 7.13. The molecule has 8 unspecified atom stereocenters. The largest absolute Gasteiger partial charge is 0.481 e. The van der Waals surface area contributed by atoms with Gasteiger partial charge in [0.15, 0.2) is 0 Å². The fraction of sp³-hybridized carbons (Fsp3) is 0.870. The van der Waals surface area contributed by atoms with E-state index in [9.17, 15) is 15.0 Å². The highest BCUT2D eigenvalue weighted by Crippen LogP contribution is 2.67. The lowest BCUT2D eigenvalue weighted by atomic mass is 9.47. The first kappa shape index (κ1) is 18.5. The first-order valence-corrected chi connectivity index (χ1v) is 10.8. The zero-order chi connectivity index (χ0) is 18.7. The Kier molecular flexibility index (Phi) is 4.53. The number of aliphatic hydroxyl groups excluding tert-OH is 1. The van der Waals surface area contributed by atoms with Crippen LogP contribution in [0, 0.1) is 40.4 Å². The minimum atomic E-state index is -0.642. The average molecular weight is 361 g/mol. The Morgan fingerprint density at radius 2 is 1.96 bits per heavy atom. The minimum Gasteiger partial charge on any atom is -0.481 e. The Labute approximate surface area is 158 Å².